The Labute approximate surface area is 106 Å². The molecule has 92 valence electrons. The summed E-state index contributed by atoms with van der Waals surface area (Å²) in [7, 11) is 1.55. The molecule has 0 spiro atoms. The summed E-state index contributed by atoms with van der Waals surface area (Å²) in [6, 6.07) is 5.77. The fourth-order valence-corrected chi connectivity index (χ4v) is 1.85. The van der Waals surface area contributed by atoms with E-state index in [9.17, 15) is 4.79 Å². The summed E-state index contributed by atoms with van der Waals surface area (Å²) in [5, 5.41) is 3.85. The van der Waals surface area contributed by atoms with Gasteiger partial charge in [0.1, 0.15) is 5.75 Å². The number of halogens is 1. The zero-order valence-electron chi connectivity index (χ0n) is 9.83. The lowest BCUT2D eigenvalue weighted by molar-refractivity contribution is 0.0982. The van der Waals surface area contributed by atoms with E-state index in [2.05, 4.69) is 5.32 Å². The van der Waals surface area contributed by atoms with Crippen LogP contribution in [0, 0.1) is 0 Å². The number of carbonyl (C=O) groups is 1. The van der Waals surface area contributed by atoms with Crippen molar-refractivity contribution in [1.82, 2.24) is 5.32 Å². The molecule has 0 aromatic heterocycles. The number of hydrogen-bond acceptors (Lipinski definition) is 3. The molecule has 0 aliphatic heterocycles. The second kappa shape index (κ2) is 5.52. The van der Waals surface area contributed by atoms with Crippen LogP contribution in [0.3, 0.4) is 0 Å². The number of rotatable bonds is 6. The van der Waals surface area contributed by atoms with Gasteiger partial charge in [-0.2, -0.15) is 0 Å². The highest BCUT2D eigenvalue weighted by Crippen LogP contribution is 2.25. The summed E-state index contributed by atoms with van der Waals surface area (Å²) in [5.41, 5.74) is 0.656. The maximum atomic E-state index is 11.9. The van der Waals surface area contributed by atoms with E-state index in [4.69, 9.17) is 16.3 Å². The first kappa shape index (κ1) is 12.4. The molecule has 1 aliphatic carbocycles. The average molecular weight is 254 g/mol. The molecule has 0 atom stereocenters. The minimum absolute atomic E-state index is 0.119. The van der Waals surface area contributed by atoms with Gasteiger partial charge in [0.25, 0.3) is 0 Å². The summed E-state index contributed by atoms with van der Waals surface area (Å²) in [6.07, 6.45) is 2.99. The van der Waals surface area contributed by atoms with E-state index in [-0.39, 0.29) is 5.78 Å². The van der Waals surface area contributed by atoms with E-state index in [0.29, 0.717) is 28.8 Å². The summed E-state index contributed by atoms with van der Waals surface area (Å²) in [6.45, 7) is 0.744. The predicted molar refractivity (Wildman–Crippen MR) is 68.0 cm³/mol. The number of hydrogen-bond donors (Lipinski definition) is 1. The van der Waals surface area contributed by atoms with Crippen molar-refractivity contribution in [1.29, 1.82) is 0 Å². The molecule has 1 saturated carbocycles. The molecule has 3 nitrogen and oxygen atoms in total. The van der Waals surface area contributed by atoms with Crippen LogP contribution in [0.2, 0.25) is 5.02 Å². The predicted octanol–water partition coefficient (Wildman–Crippen LogP) is 2.67. The Morgan fingerprint density at radius 3 is 2.94 bits per heavy atom. The van der Waals surface area contributed by atoms with Crippen molar-refractivity contribution in [2.75, 3.05) is 13.7 Å². The smallest absolute Gasteiger partial charge is 0.164 e. The van der Waals surface area contributed by atoms with E-state index < -0.39 is 0 Å². The first-order valence-electron chi connectivity index (χ1n) is 5.81. The maximum absolute atomic E-state index is 11.9. The van der Waals surface area contributed by atoms with E-state index in [1.807, 2.05) is 0 Å². The van der Waals surface area contributed by atoms with E-state index >= 15 is 0 Å². The van der Waals surface area contributed by atoms with Gasteiger partial charge >= 0.3 is 0 Å². The van der Waals surface area contributed by atoms with Crippen molar-refractivity contribution in [2.45, 2.75) is 25.3 Å². The van der Waals surface area contributed by atoms with Crippen molar-refractivity contribution in [3.05, 3.63) is 28.8 Å². The van der Waals surface area contributed by atoms with Crippen LogP contribution in [0.4, 0.5) is 0 Å². The van der Waals surface area contributed by atoms with Gasteiger partial charge < -0.3 is 10.1 Å². The highest BCUT2D eigenvalue weighted by Gasteiger charge is 2.20. The lowest BCUT2D eigenvalue weighted by atomic mass is 10.1. The first-order chi connectivity index (χ1) is 8.20. The molecule has 4 heteroatoms. The Morgan fingerprint density at radius 1 is 1.53 bits per heavy atom. The van der Waals surface area contributed by atoms with Gasteiger partial charge in [0.15, 0.2) is 5.78 Å². The summed E-state index contributed by atoms with van der Waals surface area (Å²) in [5.74, 6) is 0.667. The molecular weight excluding hydrogens is 238 g/mol. The van der Waals surface area contributed by atoms with Crippen molar-refractivity contribution in [2.24, 2.45) is 0 Å². The van der Waals surface area contributed by atoms with Crippen LogP contribution in [0.25, 0.3) is 0 Å². The van der Waals surface area contributed by atoms with Crippen LogP contribution in [0.5, 0.6) is 5.75 Å². The minimum atomic E-state index is 0.119. The molecular formula is C13H16ClNO2. The molecule has 1 fully saturated rings. The van der Waals surface area contributed by atoms with Crippen LogP contribution in [0.1, 0.15) is 29.6 Å². The van der Waals surface area contributed by atoms with Gasteiger partial charge in [-0.25, -0.2) is 0 Å². The van der Waals surface area contributed by atoms with E-state index in [1.54, 1.807) is 25.3 Å². The lowest BCUT2D eigenvalue weighted by Crippen LogP contribution is -2.20. The van der Waals surface area contributed by atoms with Gasteiger partial charge in [0.05, 0.1) is 12.1 Å². The van der Waals surface area contributed by atoms with Crippen LogP contribution in [0.15, 0.2) is 18.2 Å². The number of ketones is 1. The number of nitrogens with one attached hydrogen (secondary N) is 1. The Kier molecular flexibility index (Phi) is 4.02. The third kappa shape index (κ3) is 3.45. The molecule has 0 saturated heterocycles. The Bertz CT molecular complexity index is 416. The van der Waals surface area contributed by atoms with Gasteiger partial charge in [-0.1, -0.05) is 11.6 Å². The summed E-state index contributed by atoms with van der Waals surface area (Å²) < 4.78 is 5.09. The zero-order chi connectivity index (χ0) is 12.3. The molecule has 1 aliphatic rings. The molecule has 0 bridgehead atoms. The fourth-order valence-electron chi connectivity index (χ4n) is 1.65. The Hall–Kier alpha value is -1.06. The third-order valence-corrected chi connectivity index (χ3v) is 3.15. The second-order valence-electron chi connectivity index (χ2n) is 4.25. The van der Waals surface area contributed by atoms with Crippen LogP contribution < -0.4 is 10.1 Å². The monoisotopic (exact) mass is 253 g/mol. The molecule has 0 radical (unpaired) electrons. The van der Waals surface area contributed by atoms with Crippen molar-refractivity contribution in [3.8, 4) is 5.75 Å². The van der Waals surface area contributed by atoms with Gasteiger partial charge in [-0.15, -0.1) is 0 Å². The number of methoxy groups -OCH3 is 1. The third-order valence-electron chi connectivity index (χ3n) is 2.84. The number of ether oxygens (including phenoxy) is 1. The van der Waals surface area contributed by atoms with Crippen molar-refractivity contribution in [3.63, 3.8) is 0 Å². The molecule has 2 rings (SSSR count). The highest BCUT2D eigenvalue weighted by atomic mass is 35.5. The molecule has 1 N–H and O–H groups in total. The van der Waals surface area contributed by atoms with Gasteiger partial charge in [0, 0.05) is 24.6 Å². The van der Waals surface area contributed by atoms with Crippen molar-refractivity contribution < 1.29 is 9.53 Å². The van der Waals surface area contributed by atoms with Crippen molar-refractivity contribution >= 4 is 17.4 Å². The normalized spacial score (nSPS) is 14.7. The molecule has 0 heterocycles. The van der Waals surface area contributed by atoms with Crippen LogP contribution >= 0.6 is 11.6 Å². The van der Waals surface area contributed by atoms with E-state index in [1.165, 1.54) is 12.8 Å². The van der Waals surface area contributed by atoms with Crippen LogP contribution in [-0.4, -0.2) is 25.5 Å². The standard InChI is InChI=1S/C13H16ClNO2/c1-17-13-8-9(2-5-11(13)14)12(16)6-7-15-10-3-4-10/h2,5,8,10,15H,3-4,6-7H2,1H3. The fraction of sp³-hybridized carbons (Fsp3) is 0.462. The average Bonchev–Trinajstić information content (AvgIpc) is 3.13. The Morgan fingerprint density at radius 2 is 2.29 bits per heavy atom. The number of benzene rings is 1. The van der Waals surface area contributed by atoms with Gasteiger partial charge in [-0.05, 0) is 31.0 Å². The second-order valence-corrected chi connectivity index (χ2v) is 4.66. The van der Waals surface area contributed by atoms with E-state index in [0.717, 1.165) is 6.54 Å². The van der Waals surface area contributed by atoms with Crippen LogP contribution in [-0.2, 0) is 0 Å². The maximum Gasteiger partial charge on any atom is 0.164 e. The molecule has 0 unspecified atom stereocenters. The summed E-state index contributed by atoms with van der Waals surface area (Å²) in [4.78, 5) is 11.9. The van der Waals surface area contributed by atoms with Gasteiger partial charge in [-0.3, -0.25) is 4.79 Å². The molecule has 1 aromatic rings. The first-order valence-corrected chi connectivity index (χ1v) is 6.18. The minimum Gasteiger partial charge on any atom is -0.495 e. The lowest BCUT2D eigenvalue weighted by Gasteiger charge is -2.06. The number of Topliss-reactive ketones (excluding diaryl/α,β-unsaturated/α-hetero) is 1. The van der Waals surface area contributed by atoms with Gasteiger partial charge in [0.2, 0.25) is 0 Å². The SMILES string of the molecule is COc1cc(C(=O)CCNC2CC2)ccc1Cl. The molecule has 0 amide bonds. The quantitative estimate of drug-likeness (QED) is 0.793. The topological polar surface area (TPSA) is 38.3 Å². The number of carbonyl (C=O) groups excluding carboxylic acids is 1. The largest absolute Gasteiger partial charge is 0.495 e. The highest BCUT2D eigenvalue weighted by molar-refractivity contribution is 6.32. The summed E-state index contributed by atoms with van der Waals surface area (Å²) >= 11 is 5.91. The zero-order valence-corrected chi connectivity index (χ0v) is 10.6. The Balaban J connectivity index is 1.92. The molecule has 1 aromatic carbocycles. The molecule has 17 heavy (non-hydrogen) atoms.